The minimum absolute atomic E-state index is 0.135. The number of hydrogen-bond donors (Lipinski definition) is 1. The fraction of sp³-hybridized carbons (Fsp3) is 0.478. The zero-order valence-electron chi connectivity index (χ0n) is 19.1. The topological polar surface area (TPSA) is 77.6 Å². The third-order valence-corrected chi connectivity index (χ3v) is 5.95. The van der Waals surface area contributed by atoms with Crippen LogP contribution in [-0.4, -0.2) is 30.5 Å². The van der Waals surface area contributed by atoms with Gasteiger partial charge in [-0.15, -0.1) is 0 Å². The van der Waals surface area contributed by atoms with Crippen LogP contribution in [0, 0.1) is 0 Å². The van der Waals surface area contributed by atoms with Gasteiger partial charge in [0, 0.05) is 43.5 Å². The van der Waals surface area contributed by atoms with E-state index in [1.54, 1.807) is 17.9 Å². The molecular weight excluding hydrogens is 433 g/mol. The summed E-state index contributed by atoms with van der Waals surface area (Å²) in [6.07, 6.45) is 0.865. The molecule has 1 N–H and O–H groups in total. The number of amides is 1. The molecule has 1 amide bonds. The summed E-state index contributed by atoms with van der Waals surface area (Å²) in [7, 11) is 3.13. The van der Waals surface area contributed by atoms with Crippen molar-refractivity contribution in [3.63, 3.8) is 0 Å². The monoisotopic (exact) mass is 460 g/mol. The average molecular weight is 461 g/mol. The fourth-order valence-corrected chi connectivity index (χ4v) is 3.94. The summed E-state index contributed by atoms with van der Waals surface area (Å²) in [5, 5.41) is 10.9. The fourth-order valence-electron chi connectivity index (χ4n) is 3.94. The maximum absolute atomic E-state index is 12.9. The van der Waals surface area contributed by atoms with E-state index >= 15 is 0 Å². The van der Waals surface area contributed by atoms with E-state index in [0.29, 0.717) is 18.8 Å². The Morgan fingerprint density at radius 2 is 1.79 bits per heavy atom. The number of pyridine rings is 1. The summed E-state index contributed by atoms with van der Waals surface area (Å²) >= 11 is 0. The van der Waals surface area contributed by atoms with Crippen molar-refractivity contribution in [2.24, 2.45) is 14.1 Å². The lowest BCUT2D eigenvalue weighted by atomic mass is 10.1. The predicted octanol–water partition coefficient (Wildman–Crippen LogP) is 4.56. The molecule has 7 nitrogen and oxygen atoms in total. The van der Waals surface area contributed by atoms with Gasteiger partial charge in [-0.2, -0.15) is 23.4 Å². The average Bonchev–Trinajstić information content (AvgIpc) is 3.69. The number of halogens is 3. The second kappa shape index (κ2) is 8.31. The van der Waals surface area contributed by atoms with E-state index in [1.165, 1.54) is 7.05 Å². The Balaban J connectivity index is 0.00000126. The Labute approximate surface area is 190 Å². The highest BCUT2D eigenvalue weighted by molar-refractivity contribution is 5.93. The van der Waals surface area contributed by atoms with Crippen LogP contribution in [-0.2, 0) is 25.8 Å². The van der Waals surface area contributed by atoms with E-state index in [4.69, 9.17) is 0 Å². The number of carbonyl (C=O) groups excluding carboxylic acids is 1. The van der Waals surface area contributed by atoms with Crippen LogP contribution < -0.4 is 5.32 Å². The molecule has 2 saturated carbocycles. The predicted molar refractivity (Wildman–Crippen MR) is 116 cm³/mol. The molecule has 5 rings (SSSR count). The van der Waals surface area contributed by atoms with Gasteiger partial charge in [-0.05, 0) is 43.9 Å². The standard InChI is InChI=1S/C21H21F3N6O.C2H6/c1-29-16(11-17(28-29)21(22,23)24)19(31)26-20(6-7-20)18-10-15(27-30(18)2)13-5-8-25-14(9-13)12-3-4-12;1-2/h5,8-12H,3-4,6-7H2,1-2H3,(H,26,31);1-2H3. The van der Waals surface area contributed by atoms with Crippen LogP contribution in [0.25, 0.3) is 11.3 Å². The van der Waals surface area contributed by atoms with Crippen molar-refractivity contribution in [3.05, 3.63) is 53.2 Å². The van der Waals surface area contributed by atoms with Gasteiger partial charge in [0.15, 0.2) is 5.69 Å². The third kappa shape index (κ3) is 4.51. The van der Waals surface area contributed by atoms with E-state index in [1.807, 2.05) is 26.0 Å². The molecule has 2 fully saturated rings. The molecule has 33 heavy (non-hydrogen) atoms. The Kier molecular flexibility index (Phi) is 5.79. The van der Waals surface area contributed by atoms with Gasteiger partial charge in [0.05, 0.1) is 16.9 Å². The molecular formula is C23H27F3N6O. The number of nitrogens with zero attached hydrogens (tertiary/aromatic N) is 5. The highest BCUT2D eigenvalue weighted by Gasteiger charge is 2.49. The number of carbonyl (C=O) groups is 1. The minimum Gasteiger partial charge on any atom is -0.340 e. The van der Waals surface area contributed by atoms with Crippen molar-refractivity contribution in [1.82, 2.24) is 29.9 Å². The molecule has 0 bridgehead atoms. The third-order valence-electron chi connectivity index (χ3n) is 5.95. The van der Waals surface area contributed by atoms with Crippen LogP contribution in [0.5, 0.6) is 0 Å². The molecule has 2 aliphatic carbocycles. The number of rotatable bonds is 5. The van der Waals surface area contributed by atoms with Gasteiger partial charge >= 0.3 is 6.18 Å². The summed E-state index contributed by atoms with van der Waals surface area (Å²) in [5.41, 5.74) is 1.76. The highest BCUT2D eigenvalue weighted by Crippen LogP contribution is 2.47. The zero-order chi connectivity index (χ0) is 24.0. The Hall–Kier alpha value is -3.17. The first-order valence-electron chi connectivity index (χ1n) is 11.1. The molecule has 3 aromatic rings. The molecule has 0 aliphatic heterocycles. The molecule has 0 saturated heterocycles. The molecule has 3 aromatic heterocycles. The first-order valence-corrected chi connectivity index (χ1v) is 11.1. The van der Waals surface area contributed by atoms with Crippen LogP contribution in [0.2, 0.25) is 0 Å². The van der Waals surface area contributed by atoms with Gasteiger partial charge in [0.1, 0.15) is 5.69 Å². The Bertz CT molecular complexity index is 1170. The van der Waals surface area contributed by atoms with Crippen LogP contribution in [0.4, 0.5) is 13.2 Å². The van der Waals surface area contributed by atoms with Crippen molar-refractivity contribution in [3.8, 4) is 11.3 Å². The largest absolute Gasteiger partial charge is 0.435 e. The van der Waals surface area contributed by atoms with Gasteiger partial charge in [-0.3, -0.25) is 19.1 Å². The number of alkyl halides is 3. The van der Waals surface area contributed by atoms with Crippen molar-refractivity contribution in [2.75, 3.05) is 0 Å². The second-order valence-corrected chi connectivity index (χ2v) is 8.35. The number of aromatic nitrogens is 5. The first-order chi connectivity index (χ1) is 15.7. The quantitative estimate of drug-likeness (QED) is 0.606. The SMILES string of the molecule is CC.Cn1nc(C(F)(F)F)cc1C(=O)NC1(c2cc(-c3ccnc(C4CC4)c3)nn2C)CC1. The summed E-state index contributed by atoms with van der Waals surface area (Å²) < 4.78 is 41.5. The minimum atomic E-state index is -4.60. The molecule has 0 spiro atoms. The summed E-state index contributed by atoms with van der Waals surface area (Å²) in [4.78, 5) is 17.2. The van der Waals surface area contributed by atoms with Gasteiger partial charge in [-0.1, -0.05) is 13.8 Å². The number of nitrogens with one attached hydrogen (secondary N) is 1. The van der Waals surface area contributed by atoms with Crippen LogP contribution in [0.1, 0.15) is 73.0 Å². The van der Waals surface area contributed by atoms with Crippen molar-refractivity contribution in [1.29, 1.82) is 0 Å². The van der Waals surface area contributed by atoms with Gasteiger partial charge in [-0.25, -0.2) is 0 Å². The molecule has 0 radical (unpaired) electrons. The number of aryl methyl sites for hydroxylation is 2. The zero-order valence-corrected chi connectivity index (χ0v) is 19.1. The van der Waals surface area contributed by atoms with E-state index in [2.05, 4.69) is 26.6 Å². The Morgan fingerprint density at radius 1 is 1.09 bits per heavy atom. The maximum atomic E-state index is 12.9. The Morgan fingerprint density at radius 3 is 2.36 bits per heavy atom. The molecule has 10 heteroatoms. The van der Waals surface area contributed by atoms with E-state index in [9.17, 15) is 18.0 Å². The molecule has 0 atom stereocenters. The van der Waals surface area contributed by atoms with E-state index < -0.39 is 23.3 Å². The lowest BCUT2D eigenvalue weighted by molar-refractivity contribution is -0.141. The van der Waals surface area contributed by atoms with Gasteiger partial charge in [0.2, 0.25) is 0 Å². The number of hydrogen-bond acceptors (Lipinski definition) is 4. The van der Waals surface area contributed by atoms with Crippen LogP contribution in [0.15, 0.2) is 30.5 Å². The lowest BCUT2D eigenvalue weighted by Crippen LogP contribution is -2.37. The summed E-state index contributed by atoms with van der Waals surface area (Å²) in [6, 6.07) is 6.67. The molecule has 0 unspecified atom stereocenters. The lowest BCUT2D eigenvalue weighted by Gasteiger charge is -2.17. The maximum Gasteiger partial charge on any atom is 0.435 e. The molecule has 176 valence electrons. The molecule has 0 aromatic carbocycles. The summed E-state index contributed by atoms with van der Waals surface area (Å²) in [6.45, 7) is 4.00. The van der Waals surface area contributed by atoms with E-state index in [0.717, 1.165) is 46.2 Å². The summed E-state index contributed by atoms with van der Waals surface area (Å²) in [5.74, 6) is -0.0663. The van der Waals surface area contributed by atoms with Crippen LogP contribution in [0.3, 0.4) is 0 Å². The van der Waals surface area contributed by atoms with Crippen molar-refractivity contribution < 1.29 is 18.0 Å². The van der Waals surface area contributed by atoms with Gasteiger partial charge < -0.3 is 5.32 Å². The smallest absolute Gasteiger partial charge is 0.340 e. The normalized spacial score (nSPS) is 16.7. The van der Waals surface area contributed by atoms with Crippen LogP contribution >= 0.6 is 0 Å². The molecule has 3 heterocycles. The van der Waals surface area contributed by atoms with Gasteiger partial charge in [0.25, 0.3) is 5.91 Å². The first kappa shape index (κ1) is 23.0. The van der Waals surface area contributed by atoms with Crippen molar-refractivity contribution >= 4 is 5.91 Å². The molecule has 2 aliphatic rings. The highest BCUT2D eigenvalue weighted by atomic mass is 19.4. The van der Waals surface area contributed by atoms with E-state index in [-0.39, 0.29) is 5.69 Å². The second-order valence-electron chi connectivity index (χ2n) is 8.35. The van der Waals surface area contributed by atoms with Crippen molar-refractivity contribution in [2.45, 2.75) is 57.2 Å².